The molecule has 2 N–H and O–H groups in total. The minimum atomic E-state index is -0.892. The fraction of sp³-hybridized carbons (Fsp3) is 0.636. The van der Waals surface area contributed by atoms with Gasteiger partial charge in [0.1, 0.15) is 6.61 Å². The van der Waals surface area contributed by atoms with Crippen LogP contribution in [0.1, 0.15) is 12.8 Å². The van der Waals surface area contributed by atoms with Gasteiger partial charge in [0, 0.05) is 18.6 Å². The molecule has 1 fully saturated rings. The van der Waals surface area contributed by atoms with Gasteiger partial charge in [0.15, 0.2) is 0 Å². The highest BCUT2D eigenvalue weighted by Crippen LogP contribution is 2.31. The number of carbonyl (C=O) groups is 2. The summed E-state index contributed by atoms with van der Waals surface area (Å²) in [6, 6.07) is 0. The van der Waals surface area contributed by atoms with Crippen LogP contribution in [0.3, 0.4) is 0 Å². The Morgan fingerprint density at radius 1 is 1.59 bits per heavy atom. The highest BCUT2D eigenvalue weighted by molar-refractivity contribution is 5.69. The summed E-state index contributed by atoms with van der Waals surface area (Å²) in [7, 11) is 0. The van der Waals surface area contributed by atoms with E-state index in [-0.39, 0.29) is 19.6 Å². The molecule has 6 heteroatoms. The number of ether oxygens (including phenoxy) is 2. The third-order valence-electron chi connectivity index (χ3n) is 2.65. The van der Waals surface area contributed by atoms with Gasteiger partial charge in [-0.3, -0.25) is 4.79 Å². The van der Waals surface area contributed by atoms with Crippen molar-refractivity contribution in [1.82, 2.24) is 5.32 Å². The van der Waals surface area contributed by atoms with Crippen LogP contribution in [0.2, 0.25) is 0 Å². The summed E-state index contributed by atoms with van der Waals surface area (Å²) < 4.78 is 9.95. The van der Waals surface area contributed by atoms with Crippen molar-refractivity contribution in [3.05, 3.63) is 12.7 Å². The molecular formula is C11H17NO5. The van der Waals surface area contributed by atoms with Crippen molar-refractivity contribution >= 4 is 12.1 Å². The van der Waals surface area contributed by atoms with Crippen molar-refractivity contribution in [2.45, 2.75) is 12.8 Å². The van der Waals surface area contributed by atoms with Crippen LogP contribution in [-0.2, 0) is 14.3 Å². The number of rotatable bonds is 6. The van der Waals surface area contributed by atoms with Gasteiger partial charge >= 0.3 is 12.1 Å². The molecule has 1 saturated heterocycles. The number of carbonyl (C=O) groups excluding carboxylic acids is 1. The molecule has 1 aliphatic rings. The average Bonchev–Trinajstić information content (AvgIpc) is 2.71. The summed E-state index contributed by atoms with van der Waals surface area (Å²) in [5.74, 6) is -0.892. The molecule has 0 bridgehead atoms. The van der Waals surface area contributed by atoms with Crippen molar-refractivity contribution < 1.29 is 24.2 Å². The highest BCUT2D eigenvalue weighted by atomic mass is 16.5. The fourth-order valence-corrected chi connectivity index (χ4v) is 1.76. The molecule has 0 spiro atoms. The van der Waals surface area contributed by atoms with E-state index >= 15 is 0 Å². The lowest BCUT2D eigenvalue weighted by atomic mass is 9.84. The van der Waals surface area contributed by atoms with Gasteiger partial charge in [-0.25, -0.2) is 4.79 Å². The van der Waals surface area contributed by atoms with Gasteiger partial charge in [0.05, 0.1) is 13.0 Å². The van der Waals surface area contributed by atoms with Crippen LogP contribution in [0, 0.1) is 5.41 Å². The van der Waals surface area contributed by atoms with Crippen molar-refractivity contribution in [2.75, 3.05) is 26.4 Å². The Morgan fingerprint density at radius 2 is 2.35 bits per heavy atom. The van der Waals surface area contributed by atoms with E-state index in [1.807, 2.05) is 0 Å². The first kappa shape index (κ1) is 13.5. The number of alkyl carbamates (subject to hydrolysis) is 1. The van der Waals surface area contributed by atoms with Crippen LogP contribution in [0.25, 0.3) is 0 Å². The first-order valence-electron chi connectivity index (χ1n) is 5.39. The molecule has 6 nitrogen and oxygen atoms in total. The van der Waals surface area contributed by atoms with E-state index in [1.165, 1.54) is 6.08 Å². The number of hydrogen-bond donors (Lipinski definition) is 2. The number of aliphatic carboxylic acids is 1. The molecule has 0 radical (unpaired) electrons. The number of hydrogen-bond acceptors (Lipinski definition) is 4. The zero-order chi connectivity index (χ0) is 12.7. The SMILES string of the molecule is C=CCOC(=O)NCC1(CC(=O)O)CCOC1. The Labute approximate surface area is 99.6 Å². The lowest BCUT2D eigenvalue weighted by molar-refractivity contribution is -0.139. The molecule has 0 aliphatic carbocycles. The smallest absolute Gasteiger partial charge is 0.407 e. The first-order chi connectivity index (χ1) is 8.08. The molecule has 1 atom stereocenters. The zero-order valence-corrected chi connectivity index (χ0v) is 9.61. The van der Waals surface area contributed by atoms with Gasteiger partial charge in [-0.05, 0) is 6.42 Å². The van der Waals surface area contributed by atoms with E-state index < -0.39 is 17.5 Å². The summed E-state index contributed by atoms with van der Waals surface area (Å²) in [4.78, 5) is 22.0. The largest absolute Gasteiger partial charge is 0.481 e. The van der Waals surface area contributed by atoms with Crippen molar-refractivity contribution in [3.8, 4) is 0 Å². The average molecular weight is 243 g/mol. The lowest BCUT2D eigenvalue weighted by Crippen LogP contribution is -2.39. The Morgan fingerprint density at radius 3 is 2.88 bits per heavy atom. The van der Waals surface area contributed by atoms with E-state index in [1.54, 1.807) is 0 Å². The molecular weight excluding hydrogens is 226 g/mol. The van der Waals surface area contributed by atoms with Gasteiger partial charge < -0.3 is 19.9 Å². The first-order valence-corrected chi connectivity index (χ1v) is 5.39. The predicted molar refractivity (Wildman–Crippen MR) is 59.7 cm³/mol. The topological polar surface area (TPSA) is 84.9 Å². The van der Waals surface area contributed by atoms with Crippen molar-refractivity contribution in [3.63, 3.8) is 0 Å². The molecule has 1 aliphatic heterocycles. The molecule has 0 aromatic heterocycles. The molecule has 0 aromatic carbocycles. The maximum absolute atomic E-state index is 11.2. The summed E-state index contributed by atoms with van der Waals surface area (Å²) >= 11 is 0. The second-order valence-electron chi connectivity index (χ2n) is 4.11. The van der Waals surface area contributed by atoms with Crippen LogP contribution in [0.4, 0.5) is 4.79 Å². The monoisotopic (exact) mass is 243 g/mol. The maximum Gasteiger partial charge on any atom is 0.407 e. The highest BCUT2D eigenvalue weighted by Gasteiger charge is 2.37. The van der Waals surface area contributed by atoms with Gasteiger partial charge in [-0.2, -0.15) is 0 Å². The summed E-state index contributed by atoms with van der Waals surface area (Å²) in [6.07, 6.45) is 1.50. The Kier molecular flexibility index (Phi) is 4.96. The standard InChI is InChI=1S/C11H17NO5/c1-2-4-17-10(15)12-7-11(6-9(13)14)3-5-16-8-11/h2H,1,3-8H2,(H,12,15)(H,13,14). The van der Waals surface area contributed by atoms with E-state index in [2.05, 4.69) is 11.9 Å². The molecule has 0 aromatic rings. The van der Waals surface area contributed by atoms with Gasteiger partial charge in [0.25, 0.3) is 0 Å². The molecule has 96 valence electrons. The summed E-state index contributed by atoms with van der Waals surface area (Å²) in [5.41, 5.74) is -0.515. The van der Waals surface area contributed by atoms with Crippen LogP contribution < -0.4 is 5.32 Å². The molecule has 1 unspecified atom stereocenters. The number of carboxylic acid groups (broad SMARTS) is 1. The van der Waals surface area contributed by atoms with Crippen LogP contribution >= 0.6 is 0 Å². The summed E-state index contributed by atoms with van der Waals surface area (Å²) in [6.45, 7) is 4.67. The second kappa shape index (κ2) is 6.24. The second-order valence-corrected chi connectivity index (χ2v) is 4.11. The minimum absolute atomic E-state index is 0.0191. The Balaban J connectivity index is 2.41. The quantitative estimate of drug-likeness (QED) is 0.673. The van der Waals surface area contributed by atoms with Crippen molar-refractivity contribution in [1.29, 1.82) is 0 Å². The molecule has 1 rings (SSSR count). The van der Waals surface area contributed by atoms with E-state index in [9.17, 15) is 9.59 Å². The summed E-state index contributed by atoms with van der Waals surface area (Å²) in [5, 5.41) is 11.4. The Bertz CT molecular complexity index is 296. The molecule has 0 saturated carbocycles. The predicted octanol–water partition coefficient (Wildman–Crippen LogP) is 0.780. The minimum Gasteiger partial charge on any atom is -0.481 e. The number of carboxylic acids is 1. The van der Waals surface area contributed by atoms with Gasteiger partial charge in [-0.1, -0.05) is 12.7 Å². The van der Waals surface area contributed by atoms with E-state index in [0.29, 0.717) is 19.6 Å². The normalized spacial score (nSPS) is 23.1. The Hall–Kier alpha value is -1.56. The van der Waals surface area contributed by atoms with E-state index in [0.717, 1.165) is 0 Å². The lowest BCUT2D eigenvalue weighted by Gasteiger charge is -2.25. The zero-order valence-electron chi connectivity index (χ0n) is 9.61. The van der Waals surface area contributed by atoms with Gasteiger partial charge in [-0.15, -0.1) is 0 Å². The molecule has 17 heavy (non-hydrogen) atoms. The van der Waals surface area contributed by atoms with Crippen LogP contribution in [-0.4, -0.2) is 43.5 Å². The van der Waals surface area contributed by atoms with Crippen molar-refractivity contribution in [2.24, 2.45) is 5.41 Å². The number of nitrogens with one attached hydrogen (secondary N) is 1. The molecule has 1 amide bonds. The number of amides is 1. The fourth-order valence-electron chi connectivity index (χ4n) is 1.76. The third-order valence-corrected chi connectivity index (χ3v) is 2.65. The van der Waals surface area contributed by atoms with Gasteiger partial charge in [0.2, 0.25) is 0 Å². The van der Waals surface area contributed by atoms with E-state index in [4.69, 9.17) is 14.6 Å². The van der Waals surface area contributed by atoms with Crippen LogP contribution in [0.15, 0.2) is 12.7 Å². The maximum atomic E-state index is 11.2. The van der Waals surface area contributed by atoms with Crippen LogP contribution in [0.5, 0.6) is 0 Å². The third kappa shape index (κ3) is 4.44. The molecule has 1 heterocycles.